The Kier molecular flexibility index (Phi) is 4.52. The summed E-state index contributed by atoms with van der Waals surface area (Å²) in [6, 6.07) is 12.2. The number of amides is 1. The Labute approximate surface area is 148 Å². The van der Waals surface area contributed by atoms with Crippen LogP contribution in [-0.2, 0) is 4.79 Å². The minimum absolute atomic E-state index is 0.215. The molecule has 3 aromatic rings. The number of nitrogens with zero attached hydrogens (tertiary/aromatic N) is 1. The van der Waals surface area contributed by atoms with Crippen LogP contribution in [0.1, 0.15) is 29.1 Å². The van der Waals surface area contributed by atoms with Gasteiger partial charge in [-0.25, -0.2) is 4.98 Å². The van der Waals surface area contributed by atoms with Crippen LogP contribution in [0.3, 0.4) is 0 Å². The topological polar surface area (TPSA) is 92.4 Å². The van der Waals surface area contributed by atoms with E-state index in [1.807, 2.05) is 6.07 Å². The summed E-state index contributed by atoms with van der Waals surface area (Å²) in [5.41, 5.74) is -0.686. The van der Waals surface area contributed by atoms with Gasteiger partial charge in [0.2, 0.25) is 5.78 Å². The number of nitrogens with one attached hydrogen (secondary N) is 1. The Morgan fingerprint density at radius 2 is 1.88 bits per heavy atom. The fourth-order valence-electron chi connectivity index (χ4n) is 2.08. The van der Waals surface area contributed by atoms with Gasteiger partial charge in [-0.3, -0.25) is 14.9 Å². The SMILES string of the molecule is CC(C)(O)C(=O)Nc1nc(-c2ccco2)c(C(=O)c2ccccc2)s1. The molecule has 2 aromatic heterocycles. The molecule has 25 heavy (non-hydrogen) atoms. The third kappa shape index (κ3) is 3.67. The molecule has 0 saturated carbocycles. The number of benzene rings is 1. The Morgan fingerprint density at radius 3 is 2.48 bits per heavy atom. The maximum absolute atomic E-state index is 12.8. The molecule has 0 spiro atoms. The first-order valence-corrected chi connectivity index (χ1v) is 8.36. The lowest BCUT2D eigenvalue weighted by atomic mass is 10.1. The Balaban J connectivity index is 2.01. The molecule has 7 heteroatoms. The average molecular weight is 356 g/mol. The normalized spacial score (nSPS) is 11.3. The van der Waals surface area contributed by atoms with Crippen molar-refractivity contribution in [3.8, 4) is 11.5 Å². The summed E-state index contributed by atoms with van der Waals surface area (Å²) >= 11 is 1.04. The molecule has 0 atom stereocenters. The summed E-state index contributed by atoms with van der Waals surface area (Å²) in [5, 5.41) is 12.5. The van der Waals surface area contributed by atoms with E-state index >= 15 is 0 Å². The lowest BCUT2D eigenvalue weighted by Crippen LogP contribution is -2.36. The van der Waals surface area contributed by atoms with Crippen molar-refractivity contribution in [2.75, 3.05) is 5.32 Å². The predicted octanol–water partition coefficient (Wildman–Crippen LogP) is 3.34. The van der Waals surface area contributed by atoms with Gasteiger partial charge in [0, 0.05) is 5.56 Å². The molecule has 0 aliphatic heterocycles. The van der Waals surface area contributed by atoms with Crippen LogP contribution in [0, 0.1) is 0 Å². The van der Waals surface area contributed by atoms with Gasteiger partial charge < -0.3 is 9.52 Å². The number of furan rings is 1. The summed E-state index contributed by atoms with van der Waals surface area (Å²) in [5.74, 6) is -0.390. The molecule has 2 heterocycles. The van der Waals surface area contributed by atoms with Crippen molar-refractivity contribution in [2.45, 2.75) is 19.4 Å². The number of aromatic nitrogens is 1. The third-order valence-corrected chi connectivity index (χ3v) is 4.37. The van der Waals surface area contributed by atoms with Gasteiger partial charge in [0.25, 0.3) is 5.91 Å². The molecule has 128 valence electrons. The molecular formula is C18H16N2O4S. The van der Waals surface area contributed by atoms with E-state index in [9.17, 15) is 14.7 Å². The first-order valence-electron chi connectivity index (χ1n) is 7.54. The van der Waals surface area contributed by atoms with Crippen LogP contribution in [0.25, 0.3) is 11.5 Å². The van der Waals surface area contributed by atoms with E-state index in [1.54, 1.807) is 36.4 Å². The van der Waals surface area contributed by atoms with Crippen LogP contribution in [0.15, 0.2) is 53.1 Å². The van der Waals surface area contributed by atoms with Gasteiger partial charge in [-0.2, -0.15) is 0 Å². The highest BCUT2D eigenvalue weighted by Crippen LogP contribution is 2.33. The zero-order valence-electron chi connectivity index (χ0n) is 13.6. The lowest BCUT2D eigenvalue weighted by Gasteiger charge is -2.14. The van der Waals surface area contributed by atoms with Gasteiger partial charge in [-0.1, -0.05) is 41.7 Å². The quantitative estimate of drug-likeness (QED) is 0.684. The molecule has 1 aromatic carbocycles. The van der Waals surface area contributed by atoms with Crippen LogP contribution in [0.5, 0.6) is 0 Å². The van der Waals surface area contributed by atoms with Crippen molar-refractivity contribution >= 4 is 28.2 Å². The second-order valence-electron chi connectivity index (χ2n) is 5.88. The highest BCUT2D eigenvalue weighted by Gasteiger charge is 2.27. The van der Waals surface area contributed by atoms with Crippen molar-refractivity contribution in [1.82, 2.24) is 4.98 Å². The predicted molar refractivity (Wildman–Crippen MR) is 94.6 cm³/mol. The first-order chi connectivity index (χ1) is 11.9. The standard InChI is InChI=1S/C18H16N2O4S/c1-18(2,23)16(22)20-17-19-13(12-9-6-10-24-12)15(25-17)14(21)11-7-4-3-5-8-11/h3-10,23H,1-2H3,(H,19,20,22). The highest BCUT2D eigenvalue weighted by atomic mass is 32.1. The number of hydrogen-bond donors (Lipinski definition) is 2. The fraction of sp³-hybridized carbons (Fsp3) is 0.167. The maximum Gasteiger partial charge on any atom is 0.257 e. The average Bonchev–Trinajstić information content (AvgIpc) is 3.23. The number of ketones is 1. The Bertz CT molecular complexity index is 893. The van der Waals surface area contributed by atoms with E-state index in [2.05, 4.69) is 10.3 Å². The highest BCUT2D eigenvalue weighted by molar-refractivity contribution is 7.18. The molecule has 0 bridgehead atoms. The molecule has 0 saturated heterocycles. The zero-order chi connectivity index (χ0) is 18.0. The molecule has 0 aliphatic carbocycles. The van der Waals surface area contributed by atoms with Crippen molar-refractivity contribution in [2.24, 2.45) is 0 Å². The number of carbonyl (C=O) groups excluding carboxylic acids is 2. The van der Waals surface area contributed by atoms with E-state index in [0.29, 0.717) is 21.9 Å². The molecule has 0 aliphatic rings. The lowest BCUT2D eigenvalue weighted by molar-refractivity contribution is -0.130. The largest absolute Gasteiger partial charge is 0.463 e. The van der Waals surface area contributed by atoms with E-state index in [0.717, 1.165) is 11.3 Å². The molecular weight excluding hydrogens is 340 g/mol. The number of hydrogen-bond acceptors (Lipinski definition) is 6. The van der Waals surface area contributed by atoms with Crippen molar-refractivity contribution < 1.29 is 19.1 Å². The van der Waals surface area contributed by atoms with E-state index in [1.165, 1.54) is 20.1 Å². The molecule has 3 rings (SSSR count). The van der Waals surface area contributed by atoms with Gasteiger partial charge in [0.1, 0.15) is 16.2 Å². The summed E-state index contributed by atoms with van der Waals surface area (Å²) in [7, 11) is 0. The van der Waals surface area contributed by atoms with E-state index in [-0.39, 0.29) is 10.9 Å². The summed E-state index contributed by atoms with van der Waals surface area (Å²) in [6.45, 7) is 2.75. The summed E-state index contributed by atoms with van der Waals surface area (Å²) < 4.78 is 5.36. The summed E-state index contributed by atoms with van der Waals surface area (Å²) in [4.78, 5) is 29.5. The smallest absolute Gasteiger partial charge is 0.257 e. The molecule has 0 fully saturated rings. The third-order valence-electron chi connectivity index (χ3n) is 3.40. The molecule has 1 amide bonds. The van der Waals surface area contributed by atoms with Crippen LogP contribution in [0.4, 0.5) is 5.13 Å². The molecule has 0 unspecified atom stereocenters. The van der Waals surface area contributed by atoms with Gasteiger partial charge >= 0.3 is 0 Å². The van der Waals surface area contributed by atoms with Gasteiger partial charge in [-0.15, -0.1) is 0 Å². The number of anilines is 1. The Hall–Kier alpha value is -2.77. The van der Waals surface area contributed by atoms with Crippen molar-refractivity contribution in [3.05, 3.63) is 59.2 Å². The first kappa shape index (κ1) is 17.1. The van der Waals surface area contributed by atoms with Crippen LogP contribution < -0.4 is 5.32 Å². The van der Waals surface area contributed by atoms with Gasteiger partial charge in [0.15, 0.2) is 10.9 Å². The van der Waals surface area contributed by atoms with E-state index in [4.69, 9.17) is 4.42 Å². The van der Waals surface area contributed by atoms with Crippen LogP contribution in [0.2, 0.25) is 0 Å². The van der Waals surface area contributed by atoms with Gasteiger partial charge in [-0.05, 0) is 26.0 Å². The number of rotatable bonds is 5. The monoisotopic (exact) mass is 356 g/mol. The molecule has 2 N–H and O–H groups in total. The molecule has 6 nitrogen and oxygen atoms in total. The molecule has 0 radical (unpaired) electrons. The number of aliphatic hydroxyl groups is 1. The minimum Gasteiger partial charge on any atom is -0.463 e. The summed E-state index contributed by atoms with van der Waals surface area (Å²) in [6.07, 6.45) is 1.49. The van der Waals surface area contributed by atoms with Crippen molar-refractivity contribution in [3.63, 3.8) is 0 Å². The van der Waals surface area contributed by atoms with Crippen LogP contribution in [-0.4, -0.2) is 27.4 Å². The maximum atomic E-state index is 12.8. The zero-order valence-corrected chi connectivity index (χ0v) is 14.5. The van der Waals surface area contributed by atoms with Crippen molar-refractivity contribution in [1.29, 1.82) is 0 Å². The number of thiazole rings is 1. The Morgan fingerprint density at radius 1 is 1.16 bits per heavy atom. The van der Waals surface area contributed by atoms with Crippen LogP contribution >= 0.6 is 11.3 Å². The number of carbonyl (C=O) groups is 2. The van der Waals surface area contributed by atoms with Gasteiger partial charge in [0.05, 0.1) is 6.26 Å². The minimum atomic E-state index is -1.56. The fourth-order valence-corrected chi connectivity index (χ4v) is 3.01. The second kappa shape index (κ2) is 6.62. The second-order valence-corrected chi connectivity index (χ2v) is 6.88. The van der Waals surface area contributed by atoms with E-state index < -0.39 is 11.5 Å².